The maximum Gasteiger partial charge on any atom is 0.0714 e. The quantitative estimate of drug-likeness (QED) is 0.154. The van der Waals surface area contributed by atoms with Crippen molar-refractivity contribution in [2.45, 2.75) is 24.7 Å². The maximum atomic E-state index is 2.54. The molecule has 0 saturated carbocycles. The van der Waals surface area contributed by atoms with Gasteiger partial charge in [-0.1, -0.05) is 208 Å². The third kappa shape index (κ3) is 5.65. The second kappa shape index (κ2) is 14.9. The minimum absolute atomic E-state index is 0.169. The molecular formula is C64H45NS. The molecule has 0 N–H and O–H groups in total. The minimum atomic E-state index is -0.557. The lowest BCUT2D eigenvalue weighted by atomic mass is 9.67. The van der Waals surface area contributed by atoms with Crippen molar-refractivity contribution in [2.75, 3.05) is 4.90 Å². The van der Waals surface area contributed by atoms with Crippen LogP contribution in [0.5, 0.6) is 0 Å². The van der Waals surface area contributed by atoms with Gasteiger partial charge >= 0.3 is 0 Å². The van der Waals surface area contributed by atoms with E-state index in [1.54, 1.807) is 0 Å². The van der Waals surface area contributed by atoms with Crippen LogP contribution < -0.4 is 4.90 Å². The van der Waals surface area contributed by atoms with E-state index >= 15 is 0 Å². The van der Waals surface area contributed by atoms with E-state index in [2.05, 4.69) is 255 Å². The molecule has 1 nitrogen and oxygen atoms in total. The van der Waals surface area contributed by atoms with Gasteiger partial charge in [0, 0.05) is 42.5 Å². The van der Waals surface area contributed by atoms with Gasteiger partial charge in [0.25, 0.3) is 0 Å². The fourth-order valence-corrected chi connectivity index (χ4v) is 12.8. The van der Waals surface area contributed by atoms with E-state index in [4.69, 9.17) is 0 Å². The molecule has 10 aromatic carbocycles. The van der Waals surface area contributed by atoms with Crippen molar-refractivity contribution in [1.29, 1.82) is 0 Å². The van der Waals surface area contributed by atoms with Gasteiger partial charge in [0.05, 0.1) is 11.1 Å². The Morgan fingerprint density at radius 3 is 1.62 bits per heavy atom. The van der Waals surface area contributed by atoms with Crippen molar-refractivity contribution >= 4 is 48.6 Å². The molecule has 1 heterocycles. The molecule has 2 aliphatic rings. The second-order valence-corrected chi connectivity index (χ2v) is 19.4. The minimum Gasteiger partial charge on any atom is -0.310 e. The fourth-order valence-electron chi connectivity index (χ4n) is 11.5. The van der Waals surface area contributed by atoms with Crippen LogP contribution in [0.1, 0.15) is 47.2 Å². The molecule has 0 saturated heterocycles. The lowest BCUT2D eigenvalue weighted by Gasteiger charge is -2.35. The van der Waals surface area contributed by atoms with Crippen LogP contribution in [-0.2, 0) is 10.8 Å². The molecule has 0 spiro atoms. The molecule has 0 atom stereocenters. The van der Waals surface area contributed by atoms with Crippen LogP contribution in [0.4, 0.5) is 17.1 Å². The van der Waals surface area contributed by atoms with Crippen molar-refractivity contribution in [3.63, 3.8) is 0 Å². The predicted molar refractivity (Wildman–Crippen MR) is 280 cm³/mol. The molecule has 11 aromatic rings. The van der Waals surface area contributed by atoms with Crippen LogP contribution >= 0.6 is 11.3 Å². The smallest absolute Gasteiger partial charge is 0.0714 e. The SMILES string of the molecule is CC1(C)c2ccccc2-c2ccc(N(c3ccc(-c4cccc5c4sc4ccccc45)cc3)c3cc4c(cc3-c3ccccc3)-c3ccccc3C4(c3ccccc3)c3ccccc3)cc21. The van der Waals surface area contributed by atoms with E-state index < -0.39 is 5.41 Å². The lowest BCUT2D eigenvalue weighted by molar-refractivity contribution is 0.660. The Hall–Kier alpha value is -7.78. The number of thiophene rings is 1. The third-order valence-corrected chi connectivity index (χ3v) is 15.8. The highest BCUT2D eigenvalue weighted by atomic mass is 32.1. The number of rotatable bonds is 7. The number of nitrogens with zero attached hydrogens (tertiary/aromatic N) is 1. The normalized spacial score (nSPS) is 13.8. The first kappa shape index (κ1) is 38.7. The van der Waals surface area contributed by atoms with Crippen LogP contribution in [0.15, 0.2) is 237 Å². The van der Waals surface area contributed by atoms with Crippen LogP contribution in [0.25, 0.3) is 64.7 Å². The molecule has 66 heavy (non-hydrogen) atoms. The summed E-state index contributed by atoms with van der Waals surface area (Å²) in [5.41, 5.74) is 20.5. The van der Waals surface area contributed by atoms with Crippen molar-refractivity contribution in [3.05, 3.63) is 270 Å². The Morgan fingerprint density at radius 2 is 0.894 bits per heavy atom. The summed E-state index contributed by atoms with van der Waals surface area (Å²) in [4.78, 5) is 2.54. The summed E-state index contributed by atoms with van der Waals surface area (Å²) < 4.78 is 2.64. The highest BCUT2D eigenvalue weighted by Gasteiger charge is 2.47. The van der Waals surface area contributed by atoms with Gasteiger partial charge in [-0.15, -0.1) is 11.3 Å². The predicted octanol–water partition coefficient (Wildman–Crippen LogP) is 17.5. The second-order valence-electron chi connectivity index (χ2n) is 18.4. The fraction of sp³-hybridized carbons (Fsp3) is 0.0625. The van der Waals surface area contributed by atoms with Gasteiger partial charge < -0.3 is 4.90 Å². The molecule has 13 rings (SSSR count). The van der Waals surface area contributed by atoms with E-state index in [9.17, 15) is 0 Å². The molecular weight excluding hydrogens is 815 g/mol. The zero-order valence-electron chi connectivity index (χ0n) is 36.9. The summed E-state index contributed by atoms with van der Waals surface area (Å²) in [6.45, 7) is 4.76. The van der Waals surface area contributed by atoms with E-state index in [0.29, 0.717) is 0 Å². The van der Waals surface area contributed by atoms with Crippen LogP contribution in [-0.4, -0.2) is 0 Å². The van der Waals surface area contributed by atoms with Gasteiger partial charge in [0.15, 0.2) is 0 Å². The zero-order chi connectivity index (χ0) is 44.0. The first-order chi connectivity index (χ1) is 32.5. The number of hydrogen-bond donors (Lipinski definition) is 0. The lowest BCUT2D eigenvalue weighted by Crippen LogP contribution is -2.28. The van der Waals surface area contributed by atoms with Crippen molar-refractivity contribution in [3.8, 4) is 44.5 Å². The molecule has 0 fully saturated rings. The van der Waals surface area contributed by atoms with E-state index in [-0.39, 0.29) is 5.41 Å². The number of fused-ring (bicyclic) bond motifs is 9. The van der Waals surface area contributed by atoms with E-state index in [1.165, 1.54) is 98.1 Å². The summed E-state index contributed by atoms with van der Waals surface area (Å²) >= 11 is 1.88. The largest absolute Gasteiger partial charge is 0.310 e. The van der Waals surface area contributed by atoms with Crippen molar-refractivity contribution in [1.82, 2.24) is 0 Å². The number of benzene rings is 10. The Labute approximate surface area is 390 Å². The summed E-state index contributed by atoms with van der Waals surface area (Å²) in [5.74, 6) is 0. The number of hydrogen-bond acceptors (Lipinski definition) is 2. The highest BCUT2D eigenvalue weighted by Crippen LogP contribution is 2.59. The van der Waals surface area contributed by atoms with Gasteiger partial charge in [0.2, 0.25) is 0 Å². The zero-order valence-corrected chi connectivity index (χ0v) is 37.7. The first-order valence-corrected chi connectivity index (χ1v) is 23.8. The van der Waals surface area contributed by atoms with E-state index in [0.717, 1.165) is 17.1 Å². The van der Waals surface area contributed by atoms with Gasteiger partial charge in [-0.2, -0.15) is 0 Å². The first-order valence-electron chi connectivity index (χ1n) is 23.0. The Bertz CT molecular complexity index is 3620. The molecule has 0 amide bonds. The molecule has 312 valence electrons. The van der Waals surface area contributed by atoms with Gasteiger partial charge in [-0.05, 0) is 115 Å². The third-order valence-electron chi connectivity index (χ3n) is 14.6. The summed E-state index contributed by atoms with van der Waals surface area (Å²) in [6.07, 6.45) is 0. The highest BCUT2D eigenvalue weighted by molar-refractivity contribution is 7.26. The van der Waals surface area contributed by atoms with Gasteiger partial charge in [-0.25, -0.2) is 0 Å². The molecule has 2 heteroatoms. The van der Waals surface area contributed by atoms with Gasteiger partial charge in [0.1, 0.15) is 0 Å². The van der Waals surface area contributed by atoms with Gasteiger partial charge in [-0.3, -0.25) is 0 Å². The molecule has 0 bridgehead atoms. The summed E-state index contributed by atoms with van der Waals surface area (Å²) in [6, 6.07) is 88.4. The molecule has 1 aromatic heterocycles. The molecule has 2 aliphatic carbocycles. The van der Waals surface area contributed by atoms with Crippen molar-refractivity contribution < 1.29 is 0 Å². The van der Waals surface area contributed by atoms with E-state index in [1.807, 2.05) is 11.3 Å². The monoisotopic (exact) mass is 859 g/mol. The van der Waals surface area contributed by atoms with Crippen LogP contribution in [0.2, 0.25) is 0 Å². The standard InChI is InChI=1S/C64H45NS/c1-63(2)56-30-15-12-25-49(56)51-38-37-47(39-58(51)63)65(46-35-33-43(34-36-46)48-28-18-29-53-52-27-14-17-32-61(52)66-62(48)53)60-41-59-55(40-54(60)42-19-6-3-7-20-42)50-26-13-16-31-57(50)64(59,44-21-8-4-9-22-44)45-23-10-5-11-24-45/h3-41H,1-2H3. The summed E-state index contributed by atoms with van der Waals surface area (Å²) in [5, 5.41) is 2.63. The molecule has 0 unspecified atom stereocenters. The molecule has 0 aliphatic heterocycles. The average molecular weight is 860 g/mol. The van der Waals surface area contributed by atoms with Crippen LogP contribution in [0.3, 0.4) is 0 Å². The topological polar surface area (TPSA) is 3.24 Å². The average Bonchev–Trinajstić information content (AvgIpc) is 3.98. The Morgan fingerprint density at radius 1 is 0.348 bits per heavy atom. The maximum absolute atomic E-state index is 2.54. The van der Waals surface area contributed by atoms with Crippen LogP contribution in [0, 0.1) is 0 Å². The molecule has 0 radical (unpaired) electrons. The van der Waals surface area contributed by atoms with Crippen molar-refractivity contribution in [2.24, 2.45) is 0 Å². The summed E-state index contributed by atoms with van der Waals surface area (Å²) in [7, 11) is 0. The number of anilines is 3. The Kier molecular flexibility index (Phi) is 8.72. The Balaban J connectivity index is 1.09.